The minimum absolute atomic E-state index is 0.0287. The van der Waals surface area contributed by atoms with Gasteiger partial charge in [0, 0.05) is 24.0 Å². The minimum atomic E-state index is -4.41. The third-order valence-electron chi connectivity index (χ3n) is 3.86. The second-order valence-corrected chi connectivity index (χ2v) is 6.00. The van der Waals surface area contributed by atoms with Gasteiger partial charge < -0.3 is 10.6 Å². The van der Waals surface area contributed by atoms with E-state index in [0.29, 0.717) is 11.4 Å². The maximum atomic E-state index is 13.0. The number of halogens is 4. The summed E-state index contributed by atoms with van der Waals surface area (Å²) in [6, 6.07) is 4.80. The summed E-state index contributed by atoms with van der Waals surface area (Å²) in [5.74, 6) is -0.507. The first kappa shape index (κ1) is 17.1. The van der Waals surface area contributed by atoms with Crippen LogP contribution in [0, 0.1) is 0 Å². The van der Waals surface area contributed by atoms with E-state index in [4.69, 9.17) is 17.3 Å². The molecule has 22 heavy (non-hydrogen) atoms. The number of carbonyl (C=O) groups excluding carboxylic acids is 1. The quantitative estimate of drug-likeness (QED) is 0.923. The second kappa shape index (κ2) is 6.87. The van der Waals surface area contributed by atoms with Crippen LogP contribution in [0.5, 0.6) is 0 Å². The van der Waals surface area contributed by atoms with Crippen molar-refractivity contribution in [3.8, 4) is 0 Å². The number of carbonyl (C=O) groups is 1. The van der Waals surface area contributed by atoms with Crippen molar-refractivity contribution in [2.45, 2.75) is 43.9 Å². The lowest BCUT2D eigenvalue weighted by Crippen LogP contribution is -2.56. The Kier molecular flexibility index (Phi) is 5.34. The van der Waals surface area contributed by atoms with Crippen LogP contribution >= 0.6 is 11.6 Å². The largest absolute Gasteiger partial charge is 0.408 e. The Labute approximate surface area is 132 Å². The first-order chi connectivity index (χ1) is 10.3. The van der Waals surface area contributed by atoms with Crippen molar-refractivity contribution in [2.24, 2.45) is 5.73 Å². The van der Waals surface area contributed by atoms with Gasteiger partial charge in [-0.3, -0.25) is 4.79 Å². The molecule has 2 unspecified atom stereocenters. The van der Waals surface area contributed by atoms with Gasteiger partial charge in [-0.1, -0.05) is 23.7 Å². The summed E-state index contributed by atoms with van der Waals surface area (Å²) >= 11 is 5.77. The second-order valence-electron chi connectivity index (χ2n) is 5.57. The van der Waals surface area contributed by atoms with E-state index in [0.717, 1.165) is 10.5 Å². The van der Waals surface area contributed by atoms with Crippen molar-refractivity contribution < 1.29 is 18.0 Å². The highest BCUT2D eigenvalue weighted by Crippen LogP contribution is 2.32. The molecule has 0 aromatic heterocycles. The molecule has 1 aromatic carbocycles. The highest BCUT2D eigenvalue weighted by atomic mass is 35.5. The van der Waals surface area contributed by atoms with Gasteiger partial charge in [0.15, 0.2) is 0 Å². The fraction of sp³-hybridized carbons (Fsp3) is 0.533. The van der Waals surface area contributed by atoms with Gasteiger partial charge in [0.1, 0.15) is 6.04 Å². The minimum Gasteiger partial charge on any atom is -0.329 e. The Morgan fingerprint density at radius 3 is 2.50 bits per heavy atom. The summed E-state index contributed by atoms with van der Waals surface area (Å²) in [7, 11) is 0. The third-order valence-corrected chi connectivity index (χ3v) is 4.11. The molecule has 3 nitrogen and oxygen atoms in total. The van der Waals surface area contributed by atoms with E-state index in [1.807, 2.05) is 0 Å². The van der Waals surface area contributed by atoms with Gasteiger partial charge in [-0.05, 0) is 37.0 Å². The topological polar surface area (TPSA) is 46.3 Å². The molecule has 2 N–H and O–H groups in total. The average molecular weight is 335 g/mol. The van der Waals surface area contributed by atoms with Gasteiger partial charge in [0.05, 0.1) is 0 Å². The molecular formula is C15H18ClF3N2O. The van der Waals surface area contributed by atoms with Gasteiger partial charge >= 0.3 is 6.18 Å². The van der Waals surface area contributed by atoms with E-state index in [9.17, 15) is 18.0 Å². The normalized spacial score (nSPS) is 22.7. The molecule has 0 saturated carbocycles. The number of nitrogens with zero attached hydrogens (tertiary/aromatic N) is 1. The van der Waals surface area contributed by atoms with E-state index >= 15 is 0 Å². The number of nitrogens with two attached hydrogens (primary N) is 1. The Morgan fingerprint density at radius 1 is 1.27 bits per heavy atom. The Bertz CT molecular complexity index is 519. The zero-order valence-corrected chi connectivity index (χ0v) is 12.7. The van der Waals surface area contributed by atoms with Crippen LogP contribution in [0.4, 0.5) is 13.2 Å². The highest BCUT2D eigenvalue weighted by molar-refractivity contribution is 6.30. The summed E-state index contributed by atoms with van der Waals surface area (Å²) in [6.45, 7) is -0.0381. The summed E-state index contributed by atoms with van der Waals surface area (Å²) in [5.41, 5.74) is 6.58. The summed E-state index contributed by atoms with van der Waals surface area (Å²) < 4.78 is 39.1. The number of rotatable bonds is 3. The van der Waals surface area contributed by atoms with Gasteiger partial charge in [0.2, 0.25) is 5.91 Å². The molecule has 2 atom stereocenters. The first-order valence-electron chi connectivity index (χ1n) is 7.13. The SMILES string of the molecule is NC1CCC(C(F)(F)F)N(C(=O)CCc2ccc(Cl)cc2)C1. The predicted octanol–water partition coefficient (Wildman–Crippen LogP) is 3.15. The van der Waals surface area contributed by atoms with Crippen LogP contribution in [0.25, 0.3) is 0 Å². The third kappa shape index (κ3) is 4.36. The predicted molar refractivity (Wildman–Crippen MR) is 78.5 cm³/mol. The number of likely N-dealkylation sites (tertiary alicyclic amines) is 1. The van der Waals surface area contributed by atoms with Crippen LogP contribution in [0.2, 0.25) is 5.02 Å². The lowest BCUT2D eigenvalue weighted by atomic mass is 9.97. The molecular weight excluding hydrogens is 317 g/mol. The molecule has 0 aliphatic carbocycles. The van der Waals surface area contributed by atoms with Crippen LogP contribution in [-0.2, 0) is 11.2 Å². The molecule has 1 heterocycles. The zero-order valence-electron chi connectivity index (χ0n) is 11.9. The molecule has 7 heteroatoms. The van der Waals surface area contributed by atoms with Crippen LogP contribution in [0.1, 0.15) is 24.8 Å². The van der Waals surface area contributed by atoms with Crippen molar-refractivity contribution in [3.63, 3.8) is 0 Å². The van der Waals surface area contributed by atoms with E-state index in [-0.39, 0.29) is 25.8 Å². The summed E-state index contributed by atoms with van der Waals surface area (Å²) in [5, 5.41) is 0.578. The smallest absolute Gasteiger partial charge is 0.329 e. The van der Waals surface area contributed by atoms with Crippen LogP contribution in [-0.4, -0.2) is 35.6 Å². The van der Waals surface area contributed by atoms with Gasteiger partial charge in [-0.25, -0.2) is 0 Å². The number of hydrogen-bond donors (Lipinski definition) is 1. The fourth-order valence-electron chi connectivity index (χ4n) is 2.66. The number of piperidine rings is 1. The number of hydrogen-bond acceptors (Lipinski definition) is 2. The standard InChI is InChI=1S/C15H18ClF3N2O/c16-11-4-1-10(2-5-11)3-8-14(22)21-9-12(20)6-7-13(21)15(17,18)19/h1-2,4-5,12-13H,3,6-9,20H2. The lowest BCUT2D eigenvalue weighted by Gasteiger charge is -2.39. The fourth-order valence-corrected chi connectivity index (χ4v) is 2.79. The summed E-state index contributed by atoms with van der Waals surface area (Å²) in [6.07, 6.45) is -3.84. The van der Waals surface area contributed by atoms with Crippen molar-refractivity contribution in [3.05, 3.63) is 34.9 Å². The number of benzene rings is 1. The molecule has 0 bridgehead atoms. The Morgan fingerprint density at radius 2 is 1.91 bits per heavy atom. The van der Waals surface area contributed by atoms with E-state index in [1.165, 1.54) is 0 Å². The molecule has 1 aliphatic rings. The molecule has 0 radical (unpaired) electrons. The maximum Gasteiger partial charge on any atom is 0.408 e. The number of alkyl halides is 3. The van der Waals surface area contributed by atoms with Gasteiger partial charge in [-0.15, -0.1) is 0 Å². The molecule has 1 amide bonds. The van der Waals surface area contributed by atoms with Crippen molar-refractivity contribution in [2.75, 3.05) is 6.54 Å². The monoisotopic (exact) mass is 334 g/mol. The molecule has 2 rings (SSSR count). The number of amides is 1. The molecule has 1 aliphatic heterocycles. The molecule has 1 saturated heterocycles. The molecule has 1 fully saturated rings. The summed E-state index contributed by atoms with van der Waals surface area (Å²) in [4.78, 5) is 13.1. The zero-order chi connectivity index (χ0) is 16.3. The highest BCUT2D eigenvalue weighted by Gasteiger charge is 2.47. The van der Waals surface area contributed by atoms with E-state index in [2.05, 4.69) is 0 Å². The Balaban J connectivity index is 2.00. The molecule has 0 spiro atoms. The maximum absolute atomic E-state index is 13.0. The van der Waals surface area contributed by atoms with Crippen molar-refractivity contribution in [1.29, 1.82) is 0 Å². The van der Waals surface area contributed by atoms with Crippen LogP contribution < -0.4 is 5.73 Å². The lowest BCUT2D eigenvalue weighted by molar-refractivity contribution is -0.196. The van der Waals surface area contributed by atoms with Crippen molar-refractivity contribution in [1.82, 2.24) is 4.90 Å². The molecule has 1 aromatic rings. The van der Waals surface area contributed by atoms with E-state index in [1.54, 1.807) is 24.3 Å². The van der Waals surface area contributed by atoms with E-state index < -0.39 is 24.2 Å². The average Bonchev–Trinajstić information content (AvgIpc) is 2.45. The van der Waals surface area contributed by atoms with Crippen LogP contribution in [0.3, 0.4) is 0 Å². The van der Waals surface area contributed by atoms with Gasteiger partial charge in [0.25, 0.3) is 0 Å². The number of aryl methyl sites for hydroxylation is 1. The Hall–Kier alpha value is -1.27. The molecule has 122 valence electrons. The van der Waals surface area contributed by atoms with Gasteiger partial charge in [-0.2, -0.15) is 13.2 Å². The first-order valence-corrected chi connectivity index (χ1v) is 7.51. The van der Waals surface area contributed by atoms with Crippen LogP contribution in [0.15, 0.2) is 24.3 Å². The van der Waals surface area contributed by atoms with Crippen molar-refractivity contribution >= 4 is 17.5 Å².